The highest BCUT2D eigenvalue weighted by Gasteiger charge is 2.45. The lowest BCUT2D eigenvalue weighted by Crippen LogP contribution is -2.54. The van der Waals surface area contributed by atoms with Crippen molar-refractivity contribution in [3.05, 3.63) is 112 Å². The standard InChI is InChI=1S/C45H42F2N8O9/c1-4-35(58)52-17-18-53(25(3)23-52)40-27-22-29(47)38(37-28(46)10-7-12-32(37)56)50-41(27)55(45(62)51-40)39-24(2)8-5-13-33(39)64-21-20-63-19-16-48-30-11-6-9-26-36(30)44(61)54(43(26)60)31-14-15-34(57)49-42(31)59/h4-13,22,25,31,48,56H,1,14-21,23H2,2-3H3,(H,49,57,59)/t25-,31?/m0/s1. The van der Waals surface area contributed by atoms with Gasteiger partial charge < -0.3 is 29.7 Å². The summed E-state index contributed by atoms with van der Waals surface area (Å²) in [6.45, 7) is 8.31. The van der Waals surface area contributed by atoms with E-state index in [4.69, 9.17) is 9.47 Å². The Labute approximate surface area is 363 Å². The van der Waals surface area contributed by atoms with Crippen LogP contribution < -0.4 is 26.0 Å². The molecule has 8 rings (SSSR count). The average Bonchev–Trinajstić information content (AvgIpc) is 3.52. The van der Waals surface area contributed by atoms with Gasteiger partial charge >= 0.3 is 5.69 Å². The number of piperazine rings is 1. The van der Waals surface area contributed by atoms with Crippen LogP contribution in [0, 0.1) is 18.6 Å². The van der Waals surface area contributed by atoms with Crippen LogP contribution in [-0.4, -0.2) is 117 Å². The number of phenols is 1. The number of nitrogens with one attached hydrogen (secondary N) is 2. The number of para-hydroxylation sites is 1. The number of amides is 5. The molecule has 3 aromatic carbocycles. The van der Waals surface area contributed by atoms with Gasteiger partial charge in [-0.25, -0.2) is 23.1 Å². The lowest BCUT2D eigenvalue weighted by atomic mass is 10.0. The number of hydrogen-bond acceptors (Lipinski definition) is 13. The lowest BCUT2D eigenvalue weighted by Gasteiger charge is -2.40. The maximum Gasteiger partial charge on any atom is 0.355 e. The second-order valence-corrected chi connectivity index (χ2v) is 15.4. The fraction of sp³-hybridized carbons (Fsp3) is 0.289. The van der Waals surface area contributed by atoms with Crippen molar-refractivity contribution in [1.82, 2.24) is 29.7 Å². The van der Waals surface area contributed by atoms with Crippen molar-refractivity contribution < 1.29 is 47.3 Å². The number of anilines is 2. The van der Waals surface area contributed by atoms with E-state index < -0.39 is 64.0 Å². The van der Waals surface area contributed by atoms with E-state index in [1.54, 1.807) is 47.1 Å². The van der Waals surface area contributed by atoms with Crippen LogP contribution in [0.15, 0.2) is 78.1 Å². The normalized spacial score (nSPS) is 17.5. The number of pyridine rings is 1. The van der Waals surface area contributed by atoms with Crippen LogP contribution >= 0.6 is 0 Å². The molecule has 0 saturated carbocycles. The summed E-state index contributed by atoms with van der Waals surface area (Å²) in [6, 6.07) is 12.9. The molecule has 0 aliphatic carbocycles. The number of carbonyl (C=O) groups excluding carboxylic acids is 5. The Morgan fingerprint density at radius 1 is 0.969 bits per heavy atom. The van der Waals surface area contributed by atoms with Crippen molar-refractivity contribution in [2.45, 2.75) is 38.8 Å². The summed E-state index contributed by atoms with van der Waals surface area (Å²) in [5.41, 5.74) is -0.552. The predicted octanol–water partition coefficient (Wildman–Crippen LogP) is 3.87. The first-order chi connectivity index (χ1) is 30.8. The van der Waals surface area contributed by atoms with Gasteiger partial charge in [0.1, 0.15) is 41.5 Å². The molecule has 2 saturated heterocycles. The second-order valence-electron chi connectivity index (χ2n) is 15.4. The third kappa shape index (κ3) is 7.89. The Balaban J connectivity index is 1.02. The Kier molecular flexibility index (Phi) is 11.9. The highest BCUT2D eigenvalue weighted by molar-refractivity contribution is 6.25. The Morgan fingerprint density at radius 2 is 1.75 bits per heavy atom. The van der Waals surface area contributed by atoms with E-state index in [0.29, 0.717) is 11.3 Å². The maximum absolute atomic E-state index is 16.2. The molecule has 2 atom stereocenters. The number of benzene rings is 3. The molecule has 330 valence electrons. The highest BCUT2D eigenvalue weighted by atomic mass is 19.1. The number of phenolic OH excluding ortho intramolecular Hbond substituents is 1. The number of hydrogen-bond donors (Lipinski definition) is 3. The van der Waals surface area contributed by atoms with E-state index >= 15 is 8.78 Å². The average molecular weight is 877 g/mol. The molecule has 5 aromatic rings. The number of rotatable bonds is 13. The van der Waals surface area contributed by atoms with Gasteiger partial charge in [0.15, 0.2) is 11.5 Å². The van der Waals surface area contributed by atoms with Gasteiger partial charge in [0.25, 0.3) is 11.8 Å². The summed E-state index contributed by atoms with van der Waals surface area (Å²) in [4.78, 5) is 90.8. The van der Waals surface area contributed by atoms with E-state index in [1.807, 2.05) is 6.92 Å². The van der Waals surface area contributed by atoms with Crippen LogP contribution in [0.25, 0.3) is 28.0 Å². The molecule has 2 aromatic heterocycles. The topological polar surface area (TPSA) is 206 Å². The molecule has 1 unspecified atom stereocenters. The Hall–Kier alpha value is -7.54. The summed E-state index contributed by atoms with van der Waals surface area (Å²) < 4.78 is 44.5. The fourth-order valence-corrected chi connectivity index (χ4v) is 8.32. The van der Waals surface area contributed by atoms with Crippen molar-refractivity contribution in [2.75, 3.05) is 56.2 Å². The van der Waals surface area contributed by atoms with Crippen molar-refractivity contribution >= 4 is 52.1 Å². The molecular weight excluding hydrogens is 835 g/mol. The molecule has 3 N–H and O–H groups in total. The lowest BCUT2D eigenvalue weighted by molar-refractivity contribution is -0.136. The van der Waals surface area contributed by atoms with Crippen molar-refractivity contribution in [3.8, 4) is 28.4 Å². The molecule has 5 heterocycles. The second kappa shape index (κ2) is 17.7. The minimum atomic E-state index is -1.10. The van der Waals surface area contributed by atoms with Gasteiger partial charge in [0, 0.05) is 44.3 Å². The first-order valence-corrected chi connectivity index (χ1v) is 20.5. The van der Waals surface area contributed by atoms with Crippen LogP contribution in [0.3, 0.4) is 0 Å². The quantitative estimate of drug-likeness (QED) is 0.0875. The fourth-order valence-electron chi connectivity index (χ4n) is 8.32. The van der Waals surface area contributed by atoms with E-state index in [0.717, 1.165) is 21.6 Å². The number of halogens is 2. The van der Waals surface area contributed by atoms with Crippen LogP contribution in [0.4, 0.5) is 20.3 Å². The molecule has 17 nitrogen and oxygen atoms in total. The number of ether oxygens (including phenoxy) is 2. The van der Waals surface area contributed by atoms with Crippen LogP contribution in [-0.2, 0) is 19.1 Å². The molecule has 3 aliphatic rings. The first-order valence-electron chi connectivity index (χ1n) is 20.5. The number of aryl methyl sites for hydroxylation is 1. The SMILES string of the molecule is C=CC(=O)N1CCN(c2nc(=O)n(-c3c(C)cccc3OCCOCCNc3cccc4c3C(=O)N(C3CCC(=O)NC3=O)C4=O)c3nc(-c4c(O)cccc4F)c(F)cc23)[C@@H](C)C1. The van der Waals surface area contributed by atoms with Crippen LogP contribution in [0.5, 0.6) is 11.5 Å². The van der Waals surface area contributed by atoms with Crippen molar-refractivity contribution in [2.24, 2.45) is 0 Å². The smallest absolute Gasteiger partial charge is 0.355 e. The van der Waals surface area contributed by atoms with Gasteiger partial charge in [-0.15, -0.1) is 0 Å². The highest BCUT2D eigenvalue weighted by Crippen LogP contribution is 2.38. The van der Waals surface area contributed by atoms with E-state index in [9.17, 15) is 33.9 Å². The monoisotopic (exact) mass is 876 g/mol. The zero-order chi connectivity index (χ0) is 45.4. The minimum Gasteiger partial charge on any atom is -0.507 e. The molecule has 2 fully saturated rings. The third-order valence-electron chi connectivity index (χ3n) is 11.4. The predicted molar refractivity (Wildman–Crippen MR) is 228 cm³/mol. The maximum atomic E-state index is 16.2. The molecule has 0 radical (unpaired) electrons. The zero-order valence-corrected chi connectivity index (χ0v) is 34.7. The van der Waals surface area contributed by atoms with Crippen molar-refractivity contribution in [3.63, 3.8) is 0 Å². The van der Waals surface area contributed by atoms with Gasteiger partial charge in [-0.05, 0) is 68.3 Å². The zero-order valence-electron chi connectivity index (χ0n) is 34.7. The van der Waals surface area contributed by atoms with E-state index in [1.165, 1.54) is 24.3 Å². The van der Waals surface area contributed by atoms with Gasteiger partial charge in [0.2, 0.25) is 17.7 Å². The molecule has 0 spiro atoms. The number of imide groups is 2. The van der Waals surface area contributed by atoms with Crippen molar-refractivity contribution in [1.29, 1.82) is 0 Å². The van der Waals surface area contributed by atoms with Crippen LogP contribution in [0.1, 0.15) is 46.0 Å². The molecule has 19 heteroatoms. The van der Waals surface area contributed by atoms with E-state index in [-0.39, 0.29) is 110 Å². The van der Waals surface area contributed by atoms with Gasteiger partial charge in [0.05, 0.1) is 41.0 Å². The summed E-state index contributed by atoms with van der Waals surface area (Å²) >= 11 is 0. The van der Waals surface area contributed by atoms with Crippen LogP contribution in [0.2, 0.25) is 0 Å². The molecule has 0 bridgehead atoms. The Bertz CT molecular complexity index is 2810. The molecule has 5 amide bonds. The number of piperidine rings is 1. The summed E-state index contributed by atoms with van der Waals surface area (Å²) in [5.74, 6) is -4.85. The van der Waals surface area contributed by atoms with Gasteiger partial charge in [-0.3, -0.25) is 34.2 Å². The largest absolute Gasteiger partial charge is 0.507 e. The molecule has 64 heavy (non-hydrogen) atoms. The molecular formula is C45H42F2N8O9. The van der Waals surface area contributed by atoms with Gasteiger partial charge in [-0.1, -0.05) is 30.8 Å². The number of aromatic nitrogens is 3. The third-order valence-corrected chi connectivity index (χ3v) is 11.4. The number of fused-ring (bicyclic) bond motifs is 2. The number of aromatic hydroxyl groups is 1. The van der Waals surface area contributed by atoms with Gasteiger partial charge in [-0.2, -0.15) is 4.98 Å². The number of carbonyl (C=O) groups is 5. The molecule has 3 aliphatic heterocycles. The minimum absolute atomic E-state index is 0.00341. The van der Waals surface area contributed by atoms with E-state index in [2.05, 4.69) is 27.2 Å². The summed E-state index contributed by atoms with van der Waals surface area (Å²) in [6.07, 6.45) is 1.26. The summed E-state index contributed by atoms with van der Waals surface area (Å²) in [7, 11) is 0. The first kappa shape index (κ1) is 43.1. The summed E-state index contributed by atoms with van der Waals surface area (Å²) in [5, 5.41) is 16.1. The Morgan fingerprint density at radius 3 is 2.50 bits per heavy atom. The number of nitrogens with zero attached hydrogens (tertiary/aromatic N) is 6.